The van der Waals surface area contributed by atoms with Crippen LogP contribution >= 0.6 is 0 Å². The van der Waals surface area contributed by atoms with Gasteiger partial charge in [-0.05, 0) is 46.2 Å². The molecule has 128 valence electrons. The van der Waals surface area contributed by atoms with Gasteiger partial charge in [0.1, 0.15) is 0 Å². The van der Waals surface area contributed by atoms with Crippen molar-refractivity contribution in [1.29, 1.82) is 0 Å². The number of rotatable bonds is 4. The summed E-state index contributed by atoms with van der Waals surface area (Å²) >= 11 is 0. The van der Waals surface area contributed by atoms with Gasteiger partial charge in [-0.25, -0.2) is 4.98 Å². The lowest BCUT2D eigenvalue weighted by atomic mass is 9.83. The maximum Gasteiger partial charge on any atom is 0.221 e. The highest BCUT2D eigenvalue weighted by atomic mass is 16.5. The molecule has 0 bridgehead atoms. The average Bonchev–Trinajstić information content (AvgIpc) is 2.61. The SMILES string of the molecule is COc1ncccc1-c1cc(Cc2ccccc2)cc(C(C)(C)C)c1. The van der Waals surface area contributed by atoms with Gasteiger partial charge in [-0.2, -0.15) is 0 Å². The summed E-state index contributed by atoms with van der Waals surface area (Å²) in [7, 11) is 1.67. The van der Waals surface area contributed by atoms with Crippen molar-refractivity contribution in [3.63, 3.8) is 0 Å². The van der Waals surface area contributed by atoms with Crippen LogP contribution in [0.15, 0.2) is 66.9 Å². The number of hydrogen-bond acceptors (Lipinski definition) is 2. The lowest BCUT2D eigenvalue weighted by Crippen LogP contribution is -2.12. The van der Waals surface area contributed by atoms with Crippen molar-refractivity contribution in [2.45, 2.75) is 32.6 Å². The van der Waals surface area contributed by atoms with E-state index in [0.717, 1.165) is 17.5 Å². The van der Waals surface area contributed by atoms with E-state index in [1.54, 1.807) is 13.3 Å². The molecule has 0 saturated heterocycles. The molecular weight excluding hydrogens is 306 g/mol. The Hall–Kier alpha value is -2.61. The second-order valence-corrected chi connectivity index (χ2v) is 7.39. The van der Waals surface area contributed by atoms with Crippen molar-refractivity contribution in [2.24, 2.45) is 0 Å². The van der Waals surface area contributed by atoms with Gasteiger partial charge >= 0.3 is 0 Å². The first kappa shape index (κ1) is 17.2. The maximum atomic E-state index is 5.47. The summed E-state index contributed by atoms with van der Waals surface area (Å²) < 4.78 is 5.47. The summed E-state index contributed by atoms with van der Waals surface area (Å²) in [5.74, 6) is 0.666. The van der Waals surface area contributed by atoms with Crippen LogP contribution in [0.1, 0.15) is 37.5 Å². The van der Waals surface area contributed by atoms with E-state index in [2.05, 4.69) is 80.4 Å². The molecule has 0 amide bonds. The Morgan fingerprint density at radius 2 is 1.64 bits per heavy atom. The summed E-state index contributed by atoms with van der Waals surface area (Å²) in [4.78, 5) is 4.36. The van der Waals surface area contributed by atoms with Gasteiger partial charge in [0, 0.05) is 11.8 Å². The van der Waals surface area contributed by atoms with E-state index in [9.17, 15) is 0 Å². The second kappa shape index (κ2) is 7.10. The van der Waals surface area contributed by atoms with Gasteiger partial charge in [-0.1, -0.05) is 69.3 Å². The summed E-state index contributed by atoms with van der Waals surface area (Å²) in [6.45, 7) is 6.75. The van der Waals surface area contributed by atoms with Crippen LogP contribution in [-0.2, 0) is 11.8 Å². The quantitative estimate of drug-likeness (QED) is 0.616. The molecule has 0 aliphatic carbocycles. The molecule has 3 aromatic rings. The first-order valence-corrected chi connectivity index (χ1v) is 8.65. The first-order valence-electron chi connectivity index (χ1n) is 8.65. The van der Waals surface area contributed by atoms with Gasteiger partial charge in [0.15, 0.2) is 0 Å². The van der Waals surface area contributed by atoms with E-state index in [1.165, 1.54) is 16.7 Å². The van der Waals surface area contributed by atoms with Crippen molar-refractivity contribution < 1.29 is 4.74 Å². The minimum atomic E-state index is 0.0802. The predicted molar refractivity (Wildman–Crippen MR) is 104 cm³/mol. The highest BCUT2D eigenvalue weighted by Crippen LogP contribution is 2.33. The van der Waals surface area contributed by atoms with Crippen LogP contribution in [0.3, 0.4) is 0 Å². The minimum Gasteiger partial charge on any atom is -0.481 e. The molecule has 0 N–H and O–H groups in total. The van der Waals surface area contributed by atoms with Crippen molar-refractivity contribution in [2.75, 3.05) is 7.11 Å². The van der Waals surface area contributed by atoms with Crippen LogP contribution in [0.2, 0.25) is 0 Å². The van der Waals surface area contributed by atoms with Gasteiger partial charge in [0.05, 0.1) is 7.11 Å². The van der Waals surface area contributed by atoms with E-state index in [0.29, 0.717) is 5.88 Å². The third-order valence-electron chi connectivity index (χ3n) is 4.39. The molecule has 1 heterocycles. The van der Waals surface area contributed by atoms with Gasteiger partial charge in [0.2, 0.25) is 5.88 Å². The number of pyridine rings is 1. The zero-order chi connectivity index (χ0) is 17.9. The van der Waals surface area contributed by atoms with Crippen LogP contribution in [-0.4, -0.2) is 12.1 Å². The van der Waals surface area contributed by atoms with E-state index >= 15 is 0 Å². The van der Waals surface area contributed by atoms with E-state index in [-0.39, 0.29) is 5.41 Å². The number of ether oxygens (including phenoxy) is 1. The molecule has 25 heavy (non-hydrogen) atoms. The highest BCUT2D eigenvalue weighted by molar-refractivity contribution is 5.70. The Bertz CT molecular complexity index is 847. The van der Waals surface area contributed by atoms with Crippen molar-refractivity contribution >= 4 is 0 Å². The van der Waals surface area contributed by atoms with Gasteiger partial charge in [-0.15, -0.1) is 0 Å². The Kier molecular flexibility index (Phi) is 4.89. The highest BCUT2D eigenvalue weighted by Gasteiger charge is 2.17. The Labute approximate surface area is 150 Å². The first-order chi connectivity index (χ1) is 12.0. The number of methoxy groups -OCH3 is 1. The maximum absolute atomic E-state index is 5.47. The largest absolute Gasteiger partial charge is 0.481 e. The van der Waals surface area contributed by atoms with Crippen LogP contribution in [0, 0.1) is 0 Å². The Morgan fingerprint density at radius 3 is 2.32 bits per heavy atom. The average molecular weight is 331 g/mol. The third-order valence-corrected chi connectivity index (χ3v) is 4.39. The number of aromatic nitrogens is 1. The van der Waals surface area contributed by atoms with Crippen LogP contribution < -0.4 is 4.74 Å². The summed E-state index contributed by atoms with van der Waals surface area (Å²) in [5.41, 5.74) is 6.21. The van der Waals surface area contributed by atoms with E-state index < -0.39 is 0 Å². The lowest BCUT2D eigenvalue weighted by Gasteiger charge is -2.22. The van der Waals surface area contributed by atoms with Crippen molar-refractivity contribution in [1.82, 2.24) is 4.98 Å². The molecule has 0 fully saturated rings. The summed E-state index contributed by atoms with van der Waals surface area (Å²) in [6, 6.07) is 21.4. The molecule has 0 atom stereocenters. The molecule has 0 spiro atoms. The molecule has 0 aliphatic rings. The van der Waals surface area contributed by atoms with Crippen molar-refractivity contribution in [3.05, 3.63) is 83.6 Å². The molecule has 3 rings (SSSR count). The Balaban J connectivity index is 2.10. The topological polar surface area (TPSA) is 22.1 Å². The summed E-state index contributed by atoms with van der Waals surface area (Å²) in [5, 5.41) is 0. The molecule has 2 heteroatoms. The second-order valence-electron chi connectivity index (χ2n) is 7.39. The van der Waals surface area contributed by atoms with Gasteiger partial charge in [0.25, 0.3) is 0 Å². The summed E-state index contributed by atoms with van der Waals surface area (Å²) in [6.07, 6.45) is 2.68. The van der Waals surface area contributed by atoms with Crippen LogP contribution in [0.25, 0.3) is 11.1 Å². The fourth-order valence-corrected chi connectivity index (χ4v) is 2.99. The van der Waals surface area contributed by atoms with Crippen LogP contribution in [0.4, 0.5) is 0 Å². The zero-order valence-corrected chi connectivity index (χ0v) is 15.4. The minimum absolute atomic E-state index is 0.0802. The molecular formula is C23H25NO. The number of nitrogens with zero attached hydrogens (tertiary/aromatic N) is 1. The molecule has 0 radical (unpaired) electrons. The fraction of sp³-hybridized carbons (Fsp3) is 0.261. The molecule has 2 aromatic carbocycles. The van der Waals surface area contributed by atoms with Crippen molar-refractivity contribution in [3.8, 4) is 17.0 Å². The van der Waals surface area contributed by atoms with Gasteiger partial charge in [-0.3, -0.25) is 0 Å². The monoisotopic (exact) mass is 331 g/mol. The van der Waals surface area contributed by atoms with Crippen LogP contribution in [0.5, 0.6) is 5.88 Å². The molecule has 0 aliphatic heterocycles. The third kappa shape index (κ3) is 4.08. The normalized spacial score (nSPS) is 11.4. The molecule has 2 nitrogen and oxygen atoms in total. The number of benzene rings is 2. The molecule has 0 unspecified atom stereocenters. The fourth-order valence-electron chi connectivity index (χ4n) is 2.99. The number of hydrogen-bond donors (Lipinski definition) is 0. The van der Waals surface area contributed by atoms with E-state index in [1.807, 2.05) is 6.07 Å². The Morgan fingerprint density at radius 1 is 0.880 bits per heavy atom. The van der Waals surface area contributed by atoms with E-state index in [4.69, 9.17) is 4.74 Å². The zero-order valence-electron chi connectivity index (χ0n) is 15.4. The molecule has 0 saturated carbocycles. The van der Waals surface area contributed by atoms with Gasteiger partial charge < -0.3 is 4.74 Å². The smallest absolute Gasteiger partial charge is 0.221 e. The molecule has 1 aromatic heterocycles. The standard InChI is InChI=1S/C23H25NO/c1-23(2,3)20-15-18(13-17-9-6-5-7-10-17)14-19(16-20)21-11-8-12-24-22(21)25-4/h5-12,14-16H,13H2,1-4H3. The lowest BCUT2D eigenvalue weighted by molar-refractivity contribution is 0.399. The predicted octanol–water partition coefficient (Wildman–Crippen LogP) is 5.65.